The summed E-state index contributed by atoms with van der Waals surface area (Å²) in [7, 11) is 0. The summed E-state index contributed by atoms with van der Waals surface area (Å²) in [5, 5.41) is 0.420. The highest BCUT2D eigenvalue weighted by atomic mass is 32.1. The summed E-state index contributed by atoms with van der Waals surface area (Å²) in [5.74, 6) is -0.199. The number of nitrogens with zero attached hydrogens (tertiary/aromatic N) is 2. The SMILES string of the molecule is CCOC(=O)c1sc2nc(C(C)C)n(Cc3cccc(F)c3)c(=O)c2c1C. The molecular formula is C20H21FN2O3S. The minimum atomic E-state index is -0.444. The Kier molecular flexibility index (Phi) is 5.41. The third-order valence-electron chi connectivity index (χ3n) is 4.29. The summed E-state index contributed by atoms with van der Waals surface area (Å²) < 4.78 is 20.2. The molecule has 1 aromatic carbocycles. The number of hydrogen-bond acceptors (Lipinski definition) is 5. The number of carbonyl (C=O) groups is 1. The predicted molar refractivity (Wildman–Crippen MR) is 104 cm³/mol. The van der Waals surface area contributed by atoms with Crippen molar-refractivity contribution in [2.75, 3.05) is 6.61 Å². The quantitative estimate of drug-likeness (QED) is 0.613. The molecule has 0 fully saturated rings. The van der Waals surface area contributed by atoms with E-state index in [1.807, 2.05) is 13.8 Å². The molecule has 0 atom stereocenters. The maximum atomic E-state index is 13.6. The van der Waals surface area contributed by atoms with Crippen LogP contribution in [0, 0.1) is 12.7 Å². The van der Waals surface area contributed by atoms with Gasteiger partial charge in [-0.1, -0.05) is 26.0 Å². The molecule has 0 aliphatic rings. The van der Waals surface area contributed by atoms with E-state index in [9.17, 15) is 14.0 Å². The number of hydrogen-bond donors (Lipinski definition) is 0. The molecule has 0 spiro atoms. The Morgan fingerprint density at radius 2 is 2.11 bits per heavy atom. The van der Waals surface area contributed by atoms with Crippen molar-refractivity contribution in [3.63, 3.8) is 0 Å². The van der Waals surface area contributed by atoms with Gasteiger partial charge in [0.2, 0.25) is 0 Å². The van der Waals surface area contributed by atoms with Crippen LogP contribution in [0.2, 0.25) is 0 Å². The van der Waals surface area contributed by atoms with Crippen LogP contribution >= 0.6 is 11.3 Å². The van der Waals surface area contributed by atoms with Crippen molar-refractivity contribution >= 4 is 27.5 Å². The lowest BCUT2D eigenvalue weighted by atomic mass is 10.1. The lowest BCUT2D eigenvalue weighted by molar-refractivity contribution is 0.0531. The van der Waals surface area contributed by atoms with Crippen LogP contribution < -0.4 is 5.56 Å². The van der Waals surface area contributed by atoms with Gasteiger partial charge in [-0.05, 0) is 37.1 Å². The molecule has 0 aliphatic carbocycles. The third kappa shape index (κ3) is 3.64. The molecule has 2 heterocycles. The first-order valence-corrected chi connectivity index (χ1v) is 9.60. The maximum Gasteiger partial charge on any atom is 0.348 e. The fraction of sp³-hybridized carbons (Fsp3) is 0.350. The first-order valence-electron chi connectivity index (χ1n) is 8.78. The molecule has 2 aromatic heterocycles. The summed E-state index contributed by atoms with van der Waals surface area (Å²) in [6.07, 6.45) is 0. The van der Waals surface area contributed by atoms with Crippen molar-refractivity contribution in [2.24, 2.45) is 0 Å². The summed E-state index contributed by atoms with van der Waals surface area (Å²) in [6.45, 7) is 7.85. The first-order chi connectivity index (χ1) is 12.8. The minimum Gasteiger partial charge on any atom is -0.462 e. The van der Waals surface area contributed by atoms with E-state index in [0.717, 1.165) is 0 Å². The number of esters is 1. The third-order valence-corrected chi connectivity index (χ3v) is 5.45. The van der Waals surface area contributed by atoms with Crippen molar-refractivity contribution < 1.29 is 13.9 Å². The molecular weight excluding hydrogens is 367 g/mol. The second-order valence-corrected chi connectivity index (χ2v) is 7.60. The Balaban J connectivity index is 2.21. The number of aromatic nitrogens is 2. The molecule has 3 aromatic rings. The highest BCUT2D eigenvalue weighted by Gasteiger charge is 2.23. The van der Waals surface area contributed by atoms with Crippen molar-refractivity contribution in [1.82, 2.24) is 9.55 Å². The van der Waals surface area contributed by atoms with Gasteiger partial charge >= 0.3 is 5.97 Å². The molecule has 142 valence electrons. The van der Waals surface area contributed by atoms with E-state index in [1.165, 1.54) is 23.5 Å². The molecule has 0 radical (unpaired) electrons. The molecule has 3 rings (SSSR count). The second-order valence-electron chi connectivity index (χ2n) is 6.60. The molecule has 0 saturated heterocycles. The highest BCUT2D eigenvalue weighted by Crippen LogP contribution is 2.29. The number of halogens is 1. The smallest absolute Gasteiger partial charge is 0.348 e. The Morgan fingerprint density at radius 3 is 2.74 bits per heavy atom. The predicted octanol–water partition coefficient (Wildman–Crippen LogP) is 4.25. The van der Waals surface area contributed by atoms with Gasteiger partial charge in [-0.2, -0.15) is 0 Å². The van der Waals surface area contributed by atoms with Gasteiger partial charge in [0.05, 0.1) is 18.5 Å². The van der Waals surface area contributed by atoms with E-state index in [1.54, 1.807) is 30.5 Å². The van der Waals surface area contributed by atoms with Crippen molar-refractivity contribution in [3.8, 4) is 0 Å². The van der Waals surface area contributed by atoms with Crippen molar-refractivity contribution in [2.45, 2.75) is 40.2 Å². The fourth-order valence-electron chi connectivity index (χ4n) is 3.04. The zero-order chi connectivity index (χ0) is 19.7. The maximum absolute atomic E-state index is 13.6. The van der Waals surface area contributed by atoms with E-state index in [2.05, 4.69) is 4.98 Å². The molecule has 0 amide bonds. The summed E-state index contributed by atoms with van der Waals surface area (Å²) in [5.41, 5.74) is 1.03. The van der Waals surface area contributed by atoms with Crippen LogP contribution in [0.25, 0.3) is 10.2 Å². The largest absolute Gasteiger partial charge is 0.462 e. The number of benzene rings is 1. The molecule has 0 unspecified atom stereocenters. The fourth-order valence-corrected chi connectivity index (χ4v) is 4.11. The van der Waals surface area contributed by atoms with Crippen LogP contribution in [0.5, 0.6) is 0 Å². The molecule has 0 N–H and O–H groups in total. The molecule has 0 saturated carbocycles. The molecule has 27 heavy (non-hydrogen) atoms. The highest BCUT2D eigenvalue weighted by molar-refractivity contribution is 7.20. The number of carbonyl (C=O) groups excluding carboxylic acids is 1. The Bertz CT molecular complexity index is 1070. The van der Waals surface area contributed by atoms with Gasteiger partial charge in [-0.3, -0.25) is 9.36 Å². The van der Waals surface area contributed by atoms with Crippen LogP contribution in [0.1, 0.15) is 53.3 Å². The Labute approximate surface area is 160 Å². The van der Waals surface area contributed by atoms with Gasteiger partial charge < -0.3 is 4.74 Å². The van der Waals surface area contributed by atoms with Crippen molar-refractivity contribution in [3.05, 3.63) is 62.3 Å². The van der Waals surface area contributed by atoms with Crippen LogP contribution in [0.15, 0.2) is 29.1 Å². The zero-order valence-electron chi connectivity index (χ0n) is 15.7. The molecule has 7 heteroatoms. The minimum absolute atomic E-state index is 0.0101. The average Bonchev–Trinajstić information content (AvgIpc) is 2.94. The average molecular weight is 388 g/mol. The molecule has 0 bridgehead atoms. The summed E-state index contributed by atoms with van der Waals surface area (Å²) in [6, 6.07) is 6.16. The van der Waals surface area contributed by atoms with Gasteiger partial charge in [-0.15, -0.1) is 11.3 Å². The number of thiophene rings is 1. The van der Waals surface area contributed by atoms with Gasteiger partial charge in [-0.25, -0.2) is 14.2 Å². The van der Waals surface area contributed by atoms with Crippen LogP contribution in [-0.4, -0.2) is 22.1 Å². The number of ether oxygens (including phenoxy) is 1. The number of aryl methyl sites for hydroxylation is 1. The van der Waals surface area contributed by atoms with Crippen molar-refractivity contribution in [1.29, 1.82) is 0 Å². The van der Waals surface area contributed by atoms with E-state index in [0.29, 0.717) is 32.0 Å². The monoisotopic (exact) mass is 388 g/mol. The topological polar surface area (TPSA) is 61.2 Å². The lowest BCUT2D eigenvalue weighted by Gasteiger charge is -2.15. The summed E-state index contributed by atoms with van der Waals surface area (Å²) in [4.78, 5) is 31.0. The van der Waals surface area contributed by atoms with E-state index in [4.69, 9.17) is 4.74 Å². The first kappa shape index (κ1) is 19.2. The van der Waals surface area contributed by atoms with E-state index in [-0.39, 0.29) is 30.4 Å². The van der Waals surface area contributed by atoms with Crippen LogP contribution in [-0.2, 0) is 11.3 Å². The standard InChI is InChI=1S/C20H21FN2O3S/c1-5-26-20(25)16-12(4)15-18(27-16)22-17(11(2)3)23(19(15)24)10-13-7-6-8-14(21)9-13/h6-9,11H,5,10H2,1-4H3. The Morgan fingerprint density at radius 1 is 1.37 bits per heavy atom. The van der Waals surface area contributed by atoms with Gasteiger partial charge in [0.25, 0.3) is 5.56 Å². The molecule has 5 nitrogen and oxygen atoms in total. The van der Waals surface area contributed by atoms with Crippen LogP contribution in [0.3, 0.4) is 0 Å². The summed E-state index contributed by atoms with van der Waals surface area (Å²) >= 11 is 1.18. The van der Waals surface area contributed by atoms with Gasteiger partial charge in [0, 0.05) is 5.92 Å². The van der Waals surface area contributed by atoms with Crippen LogP contribution in [0.4, 0.5) is 4.39 Å². The Hall–Kier alpha value is -2.54. The lowest BCUT2D eigenvalue weighted by Crippen LogP contribution is -2.26. The number of fused-ring (bicyclic) bond motifs is 1. The number of rotatable bonds is 5. The zero-order valence-corrected chi connectivity index (χ0v) is 16.5. The van der Waals surface area contributed by atoms with Gasteiger partial charge in [0.1, 0.15) is 21.3 Å². The molecule has 0 aliphatic heterocycles. The normalized spacial score (nSPS) is 11.3. The van der Waals surface area contributed by atoms with E-state index >= 15 is 0 Å². The second kappa shape index (κ2) is 7.60. The van der Waals surface area contributed by atoms with E-state index < -0.39 is 5.97 Å². The van der Waals surface area contributed by atoms with Gasteiger partial charge in [0.15, 0.2) is 0 Å².